The largest absolute Gasteiger partial charge is 0.449 e. The van der Waals surface area contributed by atoms with Gasteiger partial charge in [0.05, 0.1) is 22.7 Å². The number of esters is 1. The van der Waals surface area contributed by atoms with Crippen molar-refractivity contribution in [3.05, 3.63) is 58.9 Å². The Bertz CT molecular complexity index is 982. The fourth-order valence-corrected chi connectivity index (χ4v) is 2.81. The molecular weight excluding hydrogens is 346 g/mol. The van der Waals surface area contributed by atoms with Crippen molar-refractivity contribution in [3.8, 4) is 0 Å². The molecule has 0 saturated carbocycles. The zero-order chi connectivity index (χ0) is 19.6. The van der Waals surface area contributed by atoms with Crippen LogP contribution in [0.5, 0.6) is 0 Å². The second kappa shape index (κ2) is 7.57. The number of hydrogen-bond donors (Lipinski definition) is 1. The lowest BCUT2D eigenvalue weighted by Gasteiger charge is -2.18. The van der Waals surface area contributed by atoms with Gasteiger partial charge in [-0.25, -0.2) is 9.78 Å². The van der Waals surface area contributed by atoms with Gasteiger partial charge in [0.25, 0.3) is 11.6 Å². The molecule has 2 atom stereocenters. The normalized spacial score (nSPS) is 13.2. The molecular formula is C20H21N3O4. The Labute approximate surface area is 156 Å². The molecule has 1 aromatic carbocycles. The Morgan fingerprint density at radius 3 is 2.56 bits per heavy atom. The number of nitrogens with zero attached hydrogens (tertiary/aromatic N) is 2. The molecule has 3 aromatic rings. The van der Waals surface area contributed by atoms with Crippen LogP contribution < -0.4 is 5.32 Å². The van der Waals surface area contributed by atoms with Gasteiger partial charge in [-0.15, -0.1) is 0 Å². The second-order valence-electron chi connectivity index (χ2n) is 6.45. The van der Waals surface area contributed by atoms with E-state index < -0.39 is 12.1 Å². The average molecular weight is 367 g/mol. The SMILES string of the molecule is Cc1cc(C(=O)OC(C)C(=O)NC(C)c2ccccc2)c2c(C)noc2n1. The highest BCUT2D eigenvalue weighted by Crippen LogP contribution is 2.23. The first-order valence-electron chi connectivity index (χ1n) is 8.66. The molecule has 7 nitrogen and oxygen atoms in total. The summed E-state index contributed by atoms with van der Waals surface area (Å²) in [7, 11) is 0. The highest BCUT2D eigenvalue weighted by atomic mass is 16.5. The van der Waals surface area contributed by atoms with Gasteiger partial charge in [-0.2, -0.15) is 0 Å². The van der Waals surface area contributed by atoms with Crippen molar-refractivity contribution in [3.63, 3.8) is 0 Å². The molecule has 1 N–H and O–H groups in total. The maximum Gasteiger partial charge on any atom is 0.339 e. The second-order valence-corrected chi connectivity index (χ2v) is 6.45. The number of aromatic nitrogens is 2. The summed E-state index contributed by atoms with van der Waals surface area (Å²) in [5, 5.41) is 7.19. The number of hydrogen-bond acceptors (Lipinski definition) is 6. The van der Waals surface area contributed by atoms with E-state index in [2.05, 4.69) is 15.5 Å². The maximum atomic E-state index is 12.6. The number of benzene rings is 1. The monoisotopic (exact) mass is 367 g/mol. The number of nitrogens with one attached hydrogen (secondary N) is 1. The molecule has 0 bridgehead atoms. The van der Waals surface area contributed by atoms with Crippen LogP contribution in [0.3, 0.4) is 0 Å². The van der Waals surface area contributed by atoms with Crippen LogP contribution >= 0.6 is 0 Å². The van der Waals surface area contributed by atoms with E-state index in [0.29, 0.717) is 16.8 Å². The van der Waals surface area contributed by atoms with Gasteiger partial charge in [0.15, 0.2) is 6.10 Å². The quantitative estimate of drug-likeness (QED) is 0.696. The van der Waals surface area contributed by atoms with Gasteiger partial charge in [0.2, 0.25) is 0 Å². The van der Waals surface area contributed by atoms with Crippen molar-refractivity contribution >= 4 is 23.0 Å². The number of ether oxygens (including phenoxy) is 1. The molecule has 27 heavy (non-hydrogen) atoms. The highest BCUT2D eigenvalue weighted by Gasteiger charge is 2.24. The zero-order valence-corrected chi connectivity index (χ0v) is 15.6. The Morgan fingerprint density at radius 2 is 1.85 bits per heavy atom. The number of carbonyl (C=O) groups is 2. The average Bonchev–Trinajstić information content (AvgIpc) is 3.02. The van der Waals surface area contributed by atoms with Gasteiger partial charge >= 0.3 is 5.97 Å². The summed E-state index contributed by atoms with van der Waals surface area (Å²) in [6.45, 7) is 6.87. The Kier molecular flexibility index (Phi) is 5.21. The Hall–Kier alpha value is -3.22. The lowest BCUT2D eigenvalue weighted by Crippen LogP contribution is -2.37. The van der Waals surface area contributed by atoms with E-state index in [1.807, 2.05) is 37.3 Å². The third kappa shape index (κ3) is 3.97. The summed E-state index contributed by atoms with van der Waals surface area (Å²) in [6.07, 6.45) is -0.952. The number of amides is 1. The van der Waals surface area contributed by atoms with Crippen LogP contribution in [0.2, 0.25) is 0 Å². The van der Waals surface area contributed by atoms with Crippen LogP contribution in [-0.2, 0) is 9.53 Å². The smallest absolute Gasteiger partial charge is 0.339 e. The lowest BCUT2D eigenvalue weighted by atomic mass is 10.1. The number of aryl methyl sites for hydroxylation is 2. The first-order chi connectivity index (χ1) is 12.9. The van der Waals surface area contributed by atoms with E-state index >= 15 is 0 Å². The summed E-state index contributed by atoms with van der Waals surface area (Å²) in [6, 6.07) is 11.0. The van der Waals surface area contributed by atoms with E-state index in [4.69, 9.17) is 9.26 Å². The molecule has 0 fully saturated rings. The van der Waals surface area contributed by atoms with Crippen molar-refractivity contribution in [2.45, 2.75) is 39.8 Å². The summed E-state index contributed by atoms with van der Waals surface area (Å²) < 4.78 is 10.5. The molecule has 0 saturated heterocycles. The first kappa shape index (κ1) is 18.6. The molecule has 0 aliphatic carbocycles. The van der Waals surface area contributed by atoms with Gasteiger partial charge in [-0.1, -0.05) is 35.5 Å². The number of fused-ring (bicyclic) bond motifs is 1. The van der Waals surface area contributed by atoms with Gasteiger partial charge in [0, 0.05) is 5.69 Å². The van der Waals surface area contributed by atoms with E-state index in [9.17, 15) is 9.59 Å². The third-order valence-electron chi connectivity index (χ3n) is 4.28. The summed E-state index contributed by atoms with van der Waals surface area (Å²) in [5.41, 5.74) is 2.66. The molecule has 0 spiro atoms. The molecule has 2 heterocycles. The Balaban J connectivity index is 1.72. The topological polar surface area (TPSA) is 94.3 Å². The molecule has 0 radical (unpaired) electrons. The van der Waals surface area contributed by atoms with Crippen LogP contribution in [0.25, 0.3) is 11.1 Å². The standard InChI is InChI=1S/C20H21N3O4/c1-11-10-16(17-13(3)23-27-19(17)21-11)20(25)26-14(4)18(24)22-12(2)15-8-6-5-7-9-15/h5-10,12,14H,1-4H3,(H,22,24). The van der Waals surface area contributed by atoms with Gasteiger partial charge < -0.3 is 14.6 Å². The van der Waals surface area contributed by atoms with Gasteiger partial charge in [-0.05, 0) is 39.3 Å². The van der Waals surface area contributed by atoms with Crippen LogP contribution in [-0.4, -0.2) is 28.1 Å². The van der Waals surface area contributed by atoms with E-state index in [1.165, 1.54) is 6.92 Å². The van der Waals surface area contributed by atoms with Crippen molar-refractivity contribution in [1.82, 2.24) is 15.5 Å². The number of carbonyl (C=O) groups excluding carboxylic acids is 2. The number of rotatable bonds is 5. The lowest BCUT2D eigenvalue weighted by molar-refractivity contribution is -0.129. The molecule has 3 rings (SSSR count). The van der Waals surface area contributed by atoms with Crippen molar-refractivity contribution < 1.29 is 18.8 Å². The molecule has 2 unspecified atom stereocenters. The predicted octanol–water partition coefficient (Wildman–Crippen LogP) is 3.26. The van der Waals surface area contributed by atoms with Crippen LogP contribution in [0.15, 0.2) is 40.9 Å². The minimum atomic E-state index is -0.952. The van der Waals surface area contributed by atoms with Crippen molar-refractivity contribution in [2.75, 3.05) is 0 Å². The van der Waals surface area contributed by atoms with Crippen molar-refractivity contribution in [2.24, 2.45) is 0 Å². The van der Waals surface area contributed by atoms with Gasteiger partial charge in [-0.3, -0.25) is 4.79 Å². The van der Waals surface area contributed by atoms with Crippen molar-refractivity contribution in [1.29, 1.82) is 0 Å². The molecule has 1 amide bonds. The summed E-state index contributed by atoms with van der Waals surface area (Å²) in [5.74, 6) is -0.990. The summed E-state index contributed by atoms with van der Waals surface area (Å²) >= 11 is 0. The zero-order valence-electron chi connectivity index (χ0n) is 15.6. The molecule has 0 aliphatic heterocycles. The fraction of sp³-hybridized carbons (Fsp3) is 0.300. The van der Waals surface area contributed by atoms with Crippen LogP contribution in [0.4, 0.5) is 0 Å². The minimum Gasteiger partial charge on any atom is -0.449 e. The fourth-order valence-electron chi connectivity index (χ4n) is 2.81. The Morgan fingerprint density at radius 1 is 1.15 bits per heavy atom. The molecule has 140 valence electrons. The highest BCUT2D eigenvalue weighted by molar-refractivity contribution is 6.04. The predicted molar refractivity (Wildman–Crippen MR) is 99.2 cm³/mol. The summed E-state index contributed by atoms with van der Waals surface area (Å²) in [4.78, 5) is 29.3. The third-order valence-corrected chi connectivity index (χ3v) is 4.28. The van der Waals surface area contributed by atoms with Crippen LogP contribution in [0, 0.1) is 13.8 Å². The van der Waals surface area contributed by atoms with Gasteiger partial charge in [0.1, 0.15) is 0 Å². The number of pyridine rings is 1. The molecule has 2 aromatic heterocycles. The maximum absolute atomic E-state index is 12.6. The van der Waals surface area contributed by atoms with E-state index in [1.54, 1.807) is 19.9 Å². The molecule has 7 heteroatoms. The van der Waals surface area contributed by atoms with E-state index in [0.717, 1.165) is 5.56 Å². The van der Waals surface area contributed by atoms with E-state index in [-0.39, 0.29) is 23.2 Å². The minimum absolute atomic E-state index is 0.199. The molecule has 0 aliphatic rings. The first-order valence-corrected chi connectivity index (χ1v) is 8.66. The van der Waals surface area contributed by atoms with Crippen LogP contribution in [0.1, 0.15) is 47.2 Å².